The highest BCUT2D eigenvalue weighted by molar-refractivity contribution is 7.84. The third-order valence-corrected chi connectivity index (χ3v) is 3.64. The van der Waals surface area contributed by atoms with Crippen LogP contribution in [0.5, 0.6) is 0 Å². The molecule has 0 radical (unpaired) electrons. The normalized spacial score (nSPS) is 13.8. The maximum atomic E-state index is 11.8. The van der Waals surface area contributed by atoms with Crippen LogP contribution in [-0.4, -0.2) is 33.2 Å². The first-order chi connectivity index (χ1) is 8.06. The second-order valence-corrected chi connectivity index (χ2v) is 5.39. The molecule has 1 amide bonds. The maximum Gasteiger partial charge on any atom is 0.253 e. The highest BCUT2D eigenvalue weighted by Crippen LogP contribution is 2.11. The van der Waals surface area contributed by atoms with Gasteiger partial charge in [0.15, 0.2) is 0 Å². The van der Waals surface area contributed by atoms with Crippen LogP contribution in [0, 0.1) is 0 Å². The molecule has 1 heterocycles. The molecule has 0 fully saturated rings. The van der Waals surface area contributed by atoms with Crippen LogP contribution >= 0.6 is 0 Å². The average Bonchev–Trinajstić information content (AvgIpc) is 2.35. The number of pyridine rings is 1. The van der Waals surface area contributed by atoms with Gasteiger partial charge in [-0.25, -0.2) is 0 Å². The lowest BCUT2D eigenvalue weighted by atomic mass is 10.2. The second-order valence-electron chi connectivity index (χ2n) is 3.58. The van der Waals surface area contributed by atoms with E-state index in [-0.39, 0.29) is 11.2 Å². The molecule has 0 aliphatic rings. The number of rotatable bonds is 5. The topological polar surface area (TPSA) is 97.1 Å². The molecule has 2 atom stereocenters. The lowest BCUT2D eigenvalue weighted by molar-refractivity contribution is 0.0955. The summed E-state index contributed by atoms with van der Waals surface area (Å²) in [5.41, 5.74) is 3.27. The summed E-state index contributed by atoms with van der Waals surface area (Å²) < 4.78 is 11.1. The van der Waals surface area contributed by atoms with Crippen LogP contribution in [0.2, 0.25) is 0 Å². The molecule has 1 aromatic rings. The van der Waals surface area contributed by atoms with Crippen LogP contribution in [0.4, 0.5) is 5.69 Å². The van der Waals surface area contributed by atoms with Crippen LogP contribution in [-0.2, 0) is 10.8 Å². The Morgan fingerprint density at radius 3 is 2.94 bits per heavy atom. The zero-order valence-corrected chi connectivity index (χ0v) is 10.6. The molecule has 1 rings (SSSR count). The number of carbonyl (C=O) groups is 1. The second kappa shape index (κ2) is 6.31. The number of hydrazine groups is 1. The number of nitrogens with zero attached hydrogens (tertiary/aromatic N) is 1. The predicted octanol–water partition coefficient (Wildman–Crippen LogP) is -0.136. The quantitative estimate of drug-likeness (QED) is 0.503. The fourth-order valence-corrected chi connectivity index (χ4v) is 1.47. The lowest BCUT2D eigenvalue weighted by Gasteiger charge is -2.11. The van der Waals surface area contributed by atoms with Crippen molar-refractivity contribution in [1.29, 1.82) is 0 Å². The van der Waals surface area contributed by atoms with Crippen LogP contribution in [0.15, 0.2) is 18.5 Å². The Hall–Kier alpha value is -1.47. The number of nitrogens with two attached hydrogens (primary N) is 1. The van der Waals surface area contributed by atoms with Gasteiger partial charge in [0.25, 0.3) is 5.91 Å². The van der Waals surface area contributed by atoms with E-state index >= 15 is 0 Å². The first-order valence-corrected chi connectivity index (χ1v) is 6.69. The van der Waals surface area contributed by atoms with Crippen molar-refractivity contribution in [2.24, 2.45) is 5.84 Å². The van der Waals surface area contributed by atoms with Crippen LogP contribution in [0.3, 0.4) is 0 Å². The zero-order chi connectivity index (χ0) is 12.8. The Balaban J connectivity index is 2.67. The molecule has 0 bridgehead atoms. The predicted molar refractivity (Wildman–Crippen MR) is 67.9 cm³/mol. The molecule has 0 saturated carbocycles. The smallest absolute Gasteiger partial charge is 0.253 e. The Bertz CT molecular complexity index is 425. The summed E-state index contributed by atoms with van der Waals surface area (Å²) in [7, 11) is -0.958. The minimum absolute atomic E-state index is 0.0879. The van der Waals surface area contributed by atoms with E-state index in [9.17, 15) is 9.00 Å². The lowest BCUT2D eigenvalue weighted by Crippen LogP contribution is -2.33. The molecule has 0 spiro atoms. The van der Waals surface area contributed by atoms with Crippen molar-refractivity contribution in [1.82, 2.24) is 10.3 Å². The molecule has 6 nitrogen and oxygen atoms in total. The van der Waals surface area contributed by atoms with Crippen molar-refractivity contribution in [3.8, 4) is 0 Å². The number of hydrogen-bond acceptors (Lipinski definition) is 5. The minimum atomic E-state index is -0.958. The van der Waals surface area contributed by atoms with Crippen molar-refractivity contribution in [3.05, 3.63) is 24.0 Å². The van der Waals surface area contributed by atoms with E-state index in [4.69, 9.17) is 5.84 Å². The summed E-state index contributed by atoms with van der Waals surface area (Å²) >= 11 is 0. The zero-order valence-electron chi connectivity index (χ0n) is 9.77. The average molecular weight is 256 g/mol. The number of anilines is 1. The van der Waals surface area contributed by atoms with Gasteiger partial charge in [0.2, 0.25) is 0 Å². The standard InChI is InChI=1S/C10H16N4O2S/c1-7(17(2)16)5-13-10(15)8-3-4-12-6-9(8)14-11/h3-4,6-7,14H,5,11H2,1-2H3,(H,13,15). The van der Waals surface area contributed by atoms with E-state index < -0.39 is 10.8 Å². The first kappa shape index (κ1) is 13.6. The number of amides is 1. The van der Waals surface area contributed by atoms with Crippen LogP contribution in [0.1, 0.15) is 17.3 Å². The third-order valence-electron chi connectivity index (χ3n) is 2.34. The van der Waals surface area contributed by atoms with Crippen LogP contribution < -0.4 is 16.6 Å². The Labute approximate surface area is 102 Å². The summed E-state index contributed by atoms with van der Waals surface area (Å²) in [6.45, 7) is 2.17. The summed E-state index contributed by atoms with van der Waals surface area (Å²) in [6, 6.07) is 1.57. The SMILES string of the molecule is CC(CNC(=O)c1ccncc1NN)S(C)=O. The van der Waals surface area contributed by atoms with Gasteiger partial charge < -0.3 is 10.7 Å². The number of carbonyl (C=O) groups excluding carboxylic acids is 1. The maximum absolute atomic E-state index is 11.8. The van der Waals surface area contributed by atoms with Crippen molar-refractivity contribution < 1.29 is 9.00 Å². The van der Waals surface area contributed by atoms with Gasteiger partial charge in [-0.1, -0.05) is 0 Å². The highest BCUT2D eigenvalue weighted by atomic mass is 32.2. The molecular formula is C10H16N4O2S. The fourth-order valence-electron chi connectivity index (χ4n) is 1.16. The van der Waals surface area contributed by atoms with E-state index in [1.165, 1.54) is 12.4 Å². The summed E-state index contributed by atoms with van der Waals surface area (Å²) in [5, 5.41) is 2.61. The molecule has 17 heavy (non-hydrogen) atoms. The molecule has 94 valence electrons. The van der Waals surface area contributed by atoms with Gasteiger partial charge in [-0.3, -0.25) is 19.8 Å². The number of nitrogen functional groups attached to an aromatic ring is 1. The molecule has 0 aromatic carbocycles. The van der Waals surface area contributed by atoms with Gasteiger partial charge in [0.05, 0.1) is 17.4 Å². The molecule has 0 aliphatic heterocycles. The molecule has 0 saturated heterocycles. The summed E-state index contributed by atoms with van der Waals surface area (Å²) in [4.78, 5) is 15.7. The van der Waals surface area contributed by atoms with Crippen molar-refractivity contribution >= 4 is 22.4 Å². The minimum Gasteiger partial charge on any atom is -0.351 e. The summed E-state index contributed by atoms with van der Waals surface area (Å²) in [6.07, 6.45) is 4.59. The third kappa shape index (κ3) is 3.79. The number of aromatic nitrogens is 1. The number of nitrogens with one attached hydrogen (secondary N) is 2. The van der Waals surface area contributed by atoms with E-state index in [1.807, 2.05) is 6.92 Å². The molecule has 0 aliphatic carbocycles. The van der Waals surface area contributed by atoms with Gasteiger partial charge in [-0.15, -0.1) is 0 Å². The Morgan fingerprint density at radius 2 is 2.35 bits per heavy atom. The van der Waals surface area contributed by atoms with E-state index in [0.717, 1.165) is 0 Å². The molecule has 4 N–H and O–H groups in total. The van der Waals surface area contributed by atoms with E-state index in [0.29, 0.717) is 17.8 Å². The van der Waals surface area contributed by atoms with Crippen molar-refractivity contribution in [2.75, 3.05) is 18.2 Å². The molecule has 1 aromatic heterocycles. The van der Waals surface area contributed by atoms with Gasteiger partial charge >= 0.3 is 0 Å². The molecular weight excluding hydrogens is 240 g/mol. The monoisotopic (exact) mass is 256 g/mol. The number of hydrogen-bond donors (Lipinski definition) is 3. The Kier molecular flexibility index (Phi) is 5.05. The van der Waals surface area contributed by atoms with E-state index in [1.54, 1.807) is 12.3 Å². The summed E-state index contributed by atoms with van der Waals surface area (Å²) in [5.74, 6) is 5.01. The Morgan fingerprint density at radius 1 is 1.65 bits per heavy atom. The van der Waals surface area contributed by atoms with Gasteiger partial charge in [-0.05, 0) is 13.0 Å². The van der Waals surface area contributed by atoms with Crippen LogP contribution in [0.25, 0.3) is 0 Å². The molecule has 7 heteroatoms. The fraction of sp³-hybridized carbons (Fsp3) is 0.400. The highest BCUT2D eigenvalue weighted by Gasteiger charge is 2.12. The largest absolute Gasteiger partial charge is 0.351 e. The van der Waals surface area contributed by atoms with Crippen molar-refractivity contribution in [2.45, 2.75) is 12.2 Å². The van der Waals surface area contributed by atoms with Crippen molar-refractivity contribution in [3.63, 3.8) is 0 Å². The van der Waals surface area contributed by atoms with Gasteiger partial charge in [-0.2, -0.15) is 0 Å². The van der Waals surface area contributed by atoms with E-state index in [2.05, 4.69) is 15.7 Å². The first-order valence-electron chi connectivity index (χ1n) is 5.07. The van der Waals surface area contributed by atoms with Gasteiger partial charge in [0, 0.05) is 35.0 Å². The molecule has 2 unspecified atom stereocenters. The van der Waals surface area contributed by atoms with Gasteiger partial charge in [0.1, 0.15) is 0 Å².